The van der Waals surface area contributed by atoms with E-state index in [9.17, 15) is 18.0 Å². The number of hydrogen-bond donors (Lipinski definition) is 1. The first-order chi connectivity index (χ1) is 12.8. The fraction of sp³-hybridized carbons (Fsp3) is 0.176. The van der Waals surface area contributed by atoms with E-state index in [1.54, 1.807) is 13.0 Å². The van der Waals surface area contributed by atoms with Gasteiger partial charge >= 0.3 is 6.18 Å². The highest BCUT2D eigenvalue weighted by Gasteiger charge is 2.31. The fourth-order valence-corrected chi connectivity index (χ4v) is 2.26. The molecule has 0 bridgehead atoms. The first-order valence-corrected chi connectivity index (χ1v) is 7.75. The SMILES string of the molecule is Cc1cc(-c2ncn(C=CC(=O)NCc3cnco3)n2)cc(C(F)(F)F)c1. The number of aromatic nitrogens is 4. The van der Waals surface area contributed by atoms with Crippen molar-refractivity contribution in [1.29, 1.82) is 0 Å². The second-order valence-electron chi connectivity index (χ2n) is 5.63. The number of halogens is 3. The van der Waals surface area contributed by atoms with Gasteiger partial charge in [-0.15, -0.1) is 5.10 Å². The third-order valence-electron chi connectivity index (χ3n) is 3.47. The molecule has 140 valence electrons. The van der Waals surface area contributed by atoms with Crippen LogP contribution in [0.1, 0.15) is 16.9 Å². The molecule has 2 heterocycles. The lowest BCUT2D eigenvalue weighted by Gasteiger charge is -2.09. The van der Waals surface area contributed by atoms with E-state index >= 15 is 0 Å². The van der Waals surface area contributed by atoms with E-state index in [4.69, 9.17) is 4.42 Å². The standard InChI is InChI=1S/C17H14F3N5O2/c1-11-4-12(6-13(5-11)17(18,19)20)16-23-9-25(24-16)3-2-15(26)22-8-14-7-21-10-27-14/h2-7,9-10H,8H2,1H3,(H,22,26). The van der Waals surface area contributed by atoms with Crippen molar-refractivity contribution >= 4 is 12.1 Å². The highest BCUT2D eigenvalue weighted by atomic mass is 19.4. The summed E-state index contributed by atoms with van der Waals surface area (Å²) in [4.78, 5) is 19.5. The third-order valence-corrected chi connectivity index (χ3v) is 3.47. The highest BCUT2D eigenvalue weighted by molar-refractivity contribution is 5.89. The number of nitrogens with zero attached hydrogens (tertiary/aromatic N) is 4. The molecule has 7 nitrogen and oxygen atoms in total. The van der Waals surface area contributed by atoms with E-state index in [0.717, 1.165) is 12.1 Å². The van der Waals surface area contributed by atoms with Gasteiger partial charge in [0.2, 0.25) is 5.91 Å². The number of benzene rings is 1. The van der Waals surface area contributed by atoms with E-state index < -0.39 is 17.6 Å². The lowest BCUT2D eigenvalue weighted by molar-refractivity contribution is -0.137. The monoisotopic (exact) mass is 377 g/mol. The van der Waals surface area contributed by atoms with Crippen LogP contribution >= 0.6 is 0 Å². The molecular formula is C17H14F3N5O2. The van der Waals surface area contributed by atoms with Crippen LogP contribution in [0.15, 0.2) is 47.6 Å². The lowest BCUT2D eigenvalue weighted by Crippen LogP contribution is -2.20. The maximum absolute atomic E-state index is 12.9. The summed E-state index contributed by atoms with van der Waals surface area (Å²) in [6.45, 7) is 1.74. The molecule has 0 aliphatic rings. The zero-order valence-electron chi connectivity index (χ0n) is 14.1. The molecule has 0 saturated carbocycles. The van der Waals surface area contributed by atoms with E-state index in [2.05, 4.69) is 20.4 Å². The van der Waals surface area contributed by atoms with Crippen LogP contribution in [0, 0.1) is 6.92 Å². The van der Waals surface area contributed by atoms with E-state index in [-0.39, 0.29) is 17.9 Å². The molecule has 0 aliphatic heterocycles. The van der Waals surface area contributed by atoms with Crippen LogP contribution in [0.2, 0.25) is 0 Å². The lowest BCUT2D eigenvalue weighted by atomic mass is 10.1. The molecule has 27 heavy (non-hydrogen) atoms. The van der Waals surface area contributed by atoms with Crippen LogP contribution in [0.25, 0.3) is 17.6 Å². The molecule has 10 heteroatoms. The topological polar surface area (TPSA) is 85.8 Å². The Morgan fingerprint density at radius 3 is 2.85 bits per heavy atom. The molecular weight excluding hydrogens is 363 g/mol. The van der Waals surface area contributed by atoms with Crippen molar-refractivity contribution in [2.45, 2.75) is 19.6 Å². The summed E-state index contributed by atoms with van der Waals surface area (Å²) in [6.07, 6.45) is 2.13. The Balaban J connectivity index is 1.69. The molecule has 1 N–H and O–H groups in total. The number of oxazole rings is 1. The number of amides is 1. The largest absolute Gasteiger partial charge is 0.447 e. The summed E-state index contributed by atoms with van der Waals surface area (Å²) in [5, 5.41) is 6.65. The maximum atomic E-state index is 12.9. The van der Waals surface area contributed by atoms with Crippen LogP contribution < -0.4 is 5.32 Å². The quantitative estimate of drug-likeness (QED) is 0.691. The van der Waals surface area contributed by atoms with Crippen molar-refractivity contribution < 1.29 is 22.4 Å². The van der Waals surface area contributed by atoms with Crippen molar-refractivity contribution in [2.75, 3.05) is 0 Å². The Morgan fingerprint density at radius 2 is 2.15 bits per heavy atom. The van der Waals surface area contributed by atoms with Crippen molar-refractivity contribution in [3.63, 3.8) is 0 Å². The number of aryl methyl sites for hydroxylation is 1. The number of carbonyl (C=O) groups excluding carboxylic acids is 1. The number of nitrogens with one attached hydrogen (secondary N) is 1. The summed E-state index contributed by atoms with van der Waals surface area (Å²) in [7, 11) is 0. The number of hydrogen-bond acceptors (Lipinski definition) is 5. The molecule has 0 unspecified atom stereocenters. The Kier molecular flexibility index (Phi) is 5.06. The van der Waals surface area contributed by atoms with Gasteiger partial charge in [0, 0.05) is 17.8 Å². The van der Waals surface area contributed by atoms with Crippen molar-refractivity contribution in [3.05, 3.63) is 60.1 Å². The molecule has 0 spiro atoms. The summed E-state index contributed by atoms with van der Waals surface area (Å²) in [5.41, 5.74) is -0.0843. The van der Waals surface area contributed by atoms with Crippen LogP contribution in [-0.4, -0.2) is 25.7 Å². The second kappa shape index (κ2) is 7.44. The van der Waals surface area contributed by atoms with Crippen LogP contribution in [-0.2, 0) is 17.5 Å². The maximum Gasteiger partial charge on any atom is 0.416 e. The highest BCUT2D eigenvalue weighted by Crippen LogP contribution is 2.32. The van der Waals surface area contributed by atoms with E-state index in [0.29, 0.717) is 11.3 Å². The molecule has 1 aromatic carbocycles. The first kappa shape index (κ1) is 18.4. The number of carbonyl (C=O) groups is 1. The number of alkyl halides is 3. The Bertz CT molecular complexity index is 961. The molecule has 1 amide bonds. The van der Waals surface area contributed by atoms with Crippen molar-refractivity contribution in [2.24, 2.45) is 0 Å². The van der Waals surface area contributed by atoms with E-state index in [1.807, 2.05) is 0 Å². The molecule has 2 aromatic heterocycles. The summed E-state index contributed by atoms with van der Waals surface area (Å²) < 4.78 is 45.0. The molecule has 3 aromatic rings. The van der Waals surface area contributed by atoms with Gasteiger partial charge in [0.05, 0.1) is 18.3 Å². The first-order valence-electron chi connectivity index (χ1n) is 7.75. The molecule has 0 radical (unpaired) electrons. The average Bonchev–Trinajstić information content (AvgIpc) is 3.28. The second-order valence-corrected chi connectivity index (χ2v) is 5.63. The smallest absolute Gasteiger partial charge is 0.416 e. The van der Waals surface area contributed by atoms with Gasteiger partial charge < -0.3 is 9.73 Å². The average molecular weight is 377 g/mol. The molecule has 0 atom stereocenters. The fourth-order valence-electron chi connectivity index (χ4n) is 2.26. The van der Waals surface area contributed by atoms with Crippen LogP contribution in [0.3, 0.4) is 0 Å². The van der Waals surface area contributed by atoms with Gasteiger partial charge in [0.25, 0.3) is 0 Å². The minimum atomic E-state index is -4.45. The van der Waals surface area contributed by atoms with Gasteiger partial charge in [-0.1, -0.05) is 0 Å². The van der Waals surface area contributed by atoms with Gasteiger partial charge in [-0.05, 0) is 30.7 Å². The molecule has 0 fully saturated rings. The molecule has 3 rings (SSSR count). The van der Waals surface area contributed by atoms with Crippen molar-refractivity contribution in [3.8, 4) is 11.4 Å². The van der Waals surface area contributed by atoms with Gasteiger partial charge in [-0.2, -0.15) is 13.2 Å². The van der Waals surface area contributed by atoms with Crippen LogP contribution in [0.5, 0.6) is 0 Å². The Morgan fingerprint density at radius 1 is 1.33 bits per heavy atom. The van der Waals surface area contributed by atoms with Crippen LogP contribution in [0.4, 0.5) is 13.2 Å². The normalized spacial score (nSPS) is 11.9. The minimum absolute atomic E-state index is 0.121. The predicted octanol–water partition coefficient (Wildman–Crippen LogP) is 3.05. The van der Waals surface area contributed by atoms with E-state index in [1.165, 1.54) is 35.9 Å². The predicted molar refractivity (Wildman–Crippen MR) is 88.9 cm³/mol. The Labute approximate surface area is 151 Å². The summed E-state index contributed by atoms with van der Waals surface area (Å²) in [5.74, 6) is 0.217. The zero-order chi connectivity index (χ0) is 19.4. The van der Waals surface area contributed by atoms with Crippen molar-refractivity contribution in [1.82, 2.24) is 25.1 Å². The summed E-state index contributed by atoms with van der Waals surface area (Å²) in [6, 6.07) is 3.60. The van der Waals surface area contributed by atoms with Gasteiger partial charge in [-0.3, -0.25) is 4.79 Å². The molecule has 0 saturated heterocycles. The summed E-state index contributed by atoms with van der Waals surface area (Å²) >= 11 is 0. The third kappa shape index (κ3) is 4.81. The minimum Gasteiger partial charge on any atom is -0.447 e. The zero-order valence-corrected chi connectivity index (χ0v) is 14.1. The molecule has 0 aliphatic carbocycles. The van der Waals surface area contributed by atoms with Gasteiger partial charge in [0.15, 0.2) is 12.2 Å². The number of rotatable bonds is 5. The van der Waals surface area contributed by atoms with Gasteiger partial charge in [-0.25, -0.2) is 14.6 Å². The Hall–Kier alpha value is -3.43. The van der Waals surface area contributed by atoms with Gasteiger partial charge in [0.1, 0.15) is 12.1 Å².